The number of fused-ring (bicyclic) bond motifs is 1. The summed E-state index contributed by atoms with van der Waals surface area (Å²) >= 11 is 6.15. The number of aryl methyl sites for hydroxylation is 1. The molecule has 0 unspecified atom stereocenters. The molecule has 1 aliphatic heterocycles. The molecule has 0 bridgehead atoms. The molecule has 0 atom stereocenters. The first kappa shape index (κ1) is 17.6. The maximum Gasteiger partial charge on any atom is 0.258 e. The molecule has 0 N–H and O–H groups in total. The van der Waals surface area contributed by atoms with E-state index in [1.807, 2.05) is 71.6 Å². The lowest BCUT2D eigenvalue weighted by atomic mass is 10.0. The minimum Gasteiger partial charge on any atom is -0.489 e. The average Bonchev–Trinajstić information content (AvgIpc) is 2.73. The van der Waals surface area contributed by atoms with Crippen molar-refractivity contribution in [3.8, 4) is 5.75 Å². The van der Waals surface area contributed by atoms with E-state index in [4.69, 9.17) is 16.3 Å². The van der Waals surface area contributed by atoms with Gasteiger partial charge in [0.1, 0.15) is 12.4 Å². The lowest BCUT2D eigenvalue weighted by molar-refractivity contribution is 0.0985. The van der Waals surface area contributed by atoms with Crippen LogP contribution in [0.5, 0.6) is 5.75 Å². The van der Waals surface area contributed by atoms with E-state index >= 15 is 0 Å². The molecule has 0 saturated heterocycles. The van der Waals surface area contributed by atoms with E-state index in [-0.39, 0.29) is 5.91 Å². The Morgan fingerprint density at radius 1 is 0.963 bits per heavy atom. The first-order chi connectivity index (χ1) is 13.2. The monoisotopic (exact) mass is 377 g/mol. The zero-order valence-electron chi connectivity index (χ0n) is 14.9. The third-order valence-corrected chi connectivity index (χ3v) is 5.18. The van der Waals surface area contributed by atoms with Gasteiger partial charge in [-0.2, -0.15) is 0 Å². The van der Waals surface area contributed by atoms with Gasteiger partial charge in [-0.25, -0.2) is 0 Å². The Morgan fingerprint density at radius 3 is 2.52 bits per heavy atom. The molecule has 136 valence electrons. The minimum absolute atomic E-state index is 0.0276. The number of hydrogen-bond acceptors (Lipinski definition) is 2. The summed E-state index contributed by atoms with van der Waals surface area (Å²) in [5.74, 6) is 0.741. The molecule has 3 nitrogen and oxygen atoms in total. The van der Waals surface area contributed by atoms with Crippen molar-refractivity contribution in [2.45, 2.75) is 19.4 Å². The van der Waals surface area contributed by atoms with E-state index in [1.165, 1.54) is 5.56 Å². The number of nitrogens with zero attached hydrogens (tertiary/aromatic N) is 1. The molecule has 0 radical (unpaired) electrons. The summed E-state index contributed by atoms with van der Waals surface area (Å²) in [4.78, 5) is 14.8. The van der Waals surface area contributed by atoms with E-state index in [0.717, 1.165) is 30.6 Å². The van der Waals surface area contributed by atoms with Crippen molar-refractivity contribution in [2.75, 3.05) is 11.4 Å². The quantitative estimate of drug-likeness (QED) is 0.599. The number of carbonyl (C=O) groups excluding carboxylic acids is 1. The maximum atomic E-state index is 13.0. The zero-order chi connectivity index (χ0) is 18.6. The molecule has 0 fully saturated rings. The molecule has 1 amide bonds. The van der Waals surface area contributed by atoms with Crippen molar-refractivity contribution in [2.24, 2.45) is 0 Å². The first-order valence-corrected chi connectivity index (χ1v) is 9.46. The van der Waals surface area contributed by atoms with Crippen molar-refractivity contribution in [3.63, 3.8) is 0 Å². The van der Waals surface area contributed by atoms with Gasteiger partial charge in [0.15, 0.2) is 0 Å². The van der Waals surface area contributed by atoms with Gasteiger partial charge in [0.2, 0.25) is 0 Å². The molecule has 0 spiro atoms. The van der Waals surface area contributed by atoms with Crippen LogP contribution in [-0.4, -0.2) is 12.5 Å². The van der Waals surface area contributed by atoms with Crippen LogP contribution in [0.2, 0.25) is 5.02 Å². The number of amides is 1. The van der Waals surface area contributed by atoms with Crippen LogP contribution >= 0.6 is 11.6 Å². The van der Waals surface area contributed by atoms with Gasteiger partial charge < -0.3 is 9.64 Å². The Kier molecular flexibility index (Phi) is 5.12. The number of ether oxygens (including phenoxy) is 1. The Labute approximate surface area is 164 Å². The second-order valence-electron chi connectivity index (χ2n) is 6.59. The molecule has 4 rings (SSSR count). The van der Waals surface area contributed by atoms with Crippen LogP contribution in [0.25, 0.3) is 0 Å². The largest absolute Gasteiger partial charge is 0.489 e. The molecule has 1 aliphatic rings. The number of anilines is 1. The number of hydrogen-bond donors (Lipinski definition) is 0. The van der Waals surface area contributed by atoms with E-state index in [1.54, 1.807) is 0 Å². The van der Waals surface area contributed by atoms with Crippen LogP contribution < -0.4 is 9.64 Å². The fourth-order valence-electron chi connectivity index (χ4n) is 3.37. The standard InChI is InChI=1S/C23H20ClNO2/c24-21-9-3-1-7-19(21)16-27-20-13-11-18(12-14-20)23(26)25-15-5-8-17-6-2-4-10-22(17)25/h1-4,6-7,9-14H,5,8,15-16H2. The molecule has 27 heavy (non-hydrogen) atoms. The third-order valence-electron chi connectivity index (χ3n) is 4.81. The Hall–Kier alpha value is -2.78. The second kappa shape index (κ2) is 7.85. The van der Waals surface area contributed by atoms with Crippen molar-refractivity contribution in [3.05, 3.63) is 94.5 Å². The van der Waals surface area contributed by atoms with E-state index < -0.39 is 0 Å². The molecule has 0 aliphatic carbocycles. The summed E-state index contributed by atoms with van der Waals surface area (Å²) in [6.07, 6.45) is 2.01. The van der Waals surface area contributed by atoms with Gasteiger partial charge in [0.25, 0.3) is 5.91 Å². The lowest BCUT2D eigenvalue weighted by Gasteiger charge is -2.29. The number of para-hydroxylation sites is 1. The van der Waals surface area contributed by atoms with Crippen molar-refractivity contribution >= 4 is 23.2 Å². The van der Waals surface area contributed by atoms with Gasteiger partial charge in [0, 0.05) is 28.4 Å². The van der Waals surface area contributed by atoms with Crippen molar-refractivity contribution < 1.29 is 9.53 Å². The van der Waals surface area contributed by atoms with Crippen LogP contribution in [-0.2, 0) is 13.0 Å². The highest BCUT2D eigenvalue weighted by molar-refractivity contribution is 6.31. The van der Waals surface area contributed by atoms with Gasteiger partial charge in [-0.3, -0.25) is 4.79 Å². The van der Waals surface area contributed by atoms with Crippen molar-refractivity contribution in [1.29, 1.82) is 0 Å². The first-order valence-electron chi connectivity index (χ1n) is 9.08. The Balaban J connectivity index is 1.46. The van der Waals surface area contributed by atoms with Gasteiger partial charge in [-0.05, 0) is 54.8 Å². The Morgan fingerprint density at radius 2 is 1.70 bits per heavy atom. The normalized spacial score (nSPS) is 13.1. The van der Waals surface area contributed by atoms with Gasteiger partial charge in [-0.15, -0.1) is 0 Å². The predicted molar refractivity (Wildman–Crippen MR) is 109 cm³/mol. The van der Waals surface area contributed by atoms with E-state index in [2.05, 4.69) is 6.07 Å². The van der Waals surface area contributed by atoms with Gasteiger partial charge >= 0.3 is 0 Å². The summed E-state index contributed by atoms with van der Waals surface area (Å²) in [5, 5.41) is 0.688. The van der Waals surface area contributed by atoms with Crippen LogP contribution in [0, 0.1) is 0 Å². The zero-order valence-corrected chi connectivity index (χ0v) is 15.7. The Bertz CT molecular complexity index is 953. The SMILES string of the molecule is O=C(c1ccc(OCc2ccccc2Cl)cc1)N1CCCc2ccccc21. The number of halogens is 1. The third kappa shape index (κ3) is 3.83. The molecule has 3 aromatic rings. The number of carbonyl (C=O) groups is 1. The topological polar surface area (TPSA) is 29.5 Å². The molecular formula is C23H20ClNO2. The van der Waals surface area contributed by atoms with Gasteiger partial charge in [-0.1, -0.05) is 48.0 Å². The summed E-state index contributed by atoms with van der Waals surface area (Å²) in [6, 6.07) is 23.0. The van der Waals surface area contributed by atoms with Crippen LogP contribution in [0.15, 0.2) is 72.8 Å². The molecule has 3 aromatic carbocycles. The van der Waals surface area contributed by atoms with Gasteiger partial charge in [0.05, 0.1) is 0 Å². The fraction of sp³-hybridized carbons (Fsp3) is 0.174. The second-order valence-corrected chi connectivity index (χ2v) is 7.00. The summed E-state index contributed by atoms with van der Waals surface area (Å²) in [5.41, 5.74) is 3.85. The summed E-state index contributed by atoms with van der Waals surface area (Å²) in [7, 11) is 0. The van der Waals surface area contributed by atoms with Crippen molar-refractivity contribution in [1.82, 2.24) is 0 Å². The molecule has 0 saturated carbocycles. The fourth-order valence-corrected chi connectivity index (χ4v) is 3.56. The molecular weight excluding hydrogens is 358 g/mol. The van der Waals surface area contributed by atoms with Crippen LogP contribution in [0.4, 0.5) is 5.69 Å². The summed E-state index contributed by atoms with van der Waals surface area (Å²) in [6.45, 7) is 1.15. The lowest BCUT2D eigenvalue weighted by Crippen LogP contribution is -2.35. The highest BCUT2D eigenvalue weighted by Crippen LogP contribution is 2.28. The predicted octanol–water partition coefficient (Wildman–Crippen LogP) is 5.51. The van der Waals surface area contributed by atoms with Crippen LogP contribution in [0.3, 0.4) is 0 Å². The molecule has 0 aromatic heterocycles. The number of benzene rings is 3. The highest BCUT2D eigenvalue weighted by Gasteiger charge is 2.23. The summed E-state index contributed by atoms with van der Waals surface area (Å²) < 4.78 is 5.80. The molecule has 4 heteroatoms. The highest BCUT2D eigenvalue weighted by atomic mass is 35.5. The molecule has 1 heterocycles. The van der Waals surface area contributed by atoms with Crippen LogP contribution in [0.1, 0.15) is 27.9 Å². The van der Waals surface area contributed by atoms with E-state index in [9.17, 15) is 4.79 Å². The average molecular weight is 378 g/mol. The number of rotatable bonds is 4. The minimum atomic E-state index is 0.0276. The smallest absolute Gasteiger partial charge is 0.258 e. The van der Waals surface area contributed by atoms with E-state index in [0.29, 0.717) is 22.9 Å². The maximum absolute atomic E-state index is 13.0.